The Balaban J connectivity index is 1.75. The van der Waals surface area contributed by atoms with Gasteiger partial charge in [-0.1, -0.05) is 54.6 Å². The minimum absolute atomic E-state index is 0.0594. The molecule has 4 aromatic rings. The summed E-state index contributed by atoms with van der Waals surface area (Å²) in [4.78, 5) is 32.3. The fourth-order valence-electron chi connectivity index (χ4n) is 4.42. The van der Waals surface area contributed by atoms with Crippen LogP contribution in [0.4, 0.5) is 5.69 Å². The van der Waals surface area contributed by atoms with Gasteiger partial charge in [0.05, 0.1) is 11.6 Å². The average molecular weight is 434 g/mol. The Morgan fingerprint density at radius 3 is 2.45 bits per heavy atom. The zero-order valence-electron chi connectivity index (χ0n) is 18.3. The number of pyridine rings is 1. The number of fused-ring (bicyclic) bond motifs is 1. The Morgan fingerprint density at radius 2 is 1.70 bits per heavy atom. The van der Waals surface area contributed by atoms with E-state index in [1.54, 1.807) is 24.5 Å². The lowest BCUT2D eigenvalue weighted by atomic mass is 9.95. The number of aryl methyl sites for hydroxylation is 1. The smallest absolute Gasteiger partial charge is 0.300 e. The predicted molar refractivity (Wildman–Crippen MR) is 129 cm³/mol. The Kier molecular flexibility index (Phi) is 5.02. The van der Waals surface area contributed by atoms with E-state index in [0.717, 1.165) is 21.9 Å². The molecule has 5 nitrogen and oxygen atoms in total. The fraction of sp³-hybridized carbons (Fsp3) is 0.107. The van der Waals surface area contributed by atoms with Crippen LogP contribution in [-0.2, 0) is 9.59 Å². The van der Waals surface area contributed by atoms with Gasteiger partial charge < -0.3 is 5.11 Å². The van der Waals surface area contributed by atoms with Crippen molar-refractivity contribution in [2.24, 2.45) is 0 Å². The van der Waals surface area contributed by atoms with Crippen molar-refractivity contribution in [2.45, 2.75) is 19.9 Å². The van der Waals surface area contributed by atoms with Gasteiger partial charge in [0, 0.05) is 23.6 Å². The summed E-state index contributed by atoms with van der Waals surface area (Å²) in [7, 11) is 0. The van der Waals surface area contributed by atoms with Gasteiger partial charge in [0.15, 0.2) is 0 Å². The third-order valence-corrected chi connectivity index (χ3v) is 6.30. The van der Waals surface area contributed by atoms with Crippen LogP contribution in [0.5, 0.6) is 0 Å². The highest BCUT2D eigenvalue weighted by Crippen LogP contribution is 2.43. The van der Waals surface area contributed by atoms with Crippen molar-refractivity contribution in [3.05, 3.63) is 113 Å². The molecule has 162 valence electrons. The molecule has 0 saturated carbocycles. The van der Waals surface area contributed by atoms with Crippen molar-refractivity contribution in [2.75, 3.05) is 4.90 Å². The number of carbonyl (C=O) groups is 2. The number of anilines is 1. The number of aliphatic hydroxyl groups is 1. The van der Waals surface area contributed by atoms with E-state index in [4.69, 9.17) is 0 Å². The van der Waals surface area contributed by atoms with Gasteiger partial charge in [0.1, 0.15) is 5.76 Å². The van der Waals surface area contributed by atoms with E-state index in [-0.39, 0.29) is 11.3 Å². The Bertz CT molecular complexity index is 1440. The second kappa shape index (κ2) is 8.02. The van der Waals surface area contributed by atoms with Crippen LogP contribution in [0.2, 0.25) is 0 Å². The summed E-state index contributed by atoms with van der Waals surface area (Å²) < 4.78 is 0. The lowest BCUT2D eigenvalue weighted by molar-refractivity contribution is -0.132. The molecule has 1 atom stereocenters. The van der Waals surface area contributed by atoms with Crippen LogP contribution in [-0.4, -0.2) is 21.8 Å². The molecular weight excluding hydrogens is 412 g/mol. The first-order valence-electron chi connectivity index (χ1n) is 10.7. The van der Waals surface area contributed by atoms with Crippen molar-refractivity contribution in [1.29, 1.82) is 0 Å². The summed E-state index contributed by atoms with van der Waals surface area (Å²) in [5.74, 6) is -1.57. The van der Waals surface area contributed by atoms with Gasteiger partial charge in [-0.2, -0.15) is 0 Å². The molecule has 3 aromatic carbocycles. The number of rotatable bonds is 3. The molecule has 0 radical (unpaired) electrons. The molecule has 0 spiro atoms. The monoisotopic (exact) mass is 434 g/mol. The molecule has 1 aliphatic rings. The standard InChI is InChI=1S/C28H22N2O3/c1-17-7-5-11-23(18(17)2)30-25(22-10-6-14-29-16-22)24(27(32)28(30)33)26(31)21-13-12-19-8-3-4-9-20(19)15-21/h3-16,25,31H,1-2H3/b26-24-. The molecule has 1 aromatic heterocycles. The van der Waals surface area contributed by atoms with E-state index >= 15 is 0 Å². The summed E-state index contributed by atoms with van der Waals surface area (Å²) in [6.45, 7) is 3.89. The van der Waals surface area contributed by atoms with Crippen LogP contribution >= 0.6 is 0 Å². The molecule has 1 amide bonds. The van der Waals surface area contributed by atoms with E-state index in [0.29, 0.717) is 16.8 Å². The fourth-order valence-corrected chi connectivity index (χ4v) is 4.42. The summed E-state index contributed by atoms with van der Waals surface area (Å²) >= 11 is 0. The van der Waals surface area contributed by atoms with Crippen LogP contribution in [0.3, 0.4) is 0 Å². The number of benzene rings is 3. The van der Waals surface area contributed by atoms with Gasteiger partial charge in [-0.25, -0.2) is 0 Å². The predicted octanol–water partition coefficient (Wildman–Crippen LogP) is 5.48. The van der Waals surface area contributed by atoms with Crippen molar-refractivity contribution in [3.8, 4) is 0 Å². The maximum atomic E-state index is 13.3. The molecule has 1 fully saturated rings. The summed E-state index contributed by atoms with van der Waals surface area (Å²) in [6, 6.07) is 21.7. The number of hydrogen-bond donors (Lipinski definition) is 1. The van der Waals surface area contributed by atoms with Gasteiger partial charge in [0.25, 0.3) is 11.7 Å². The molecule has 5 heteroatoms. The maximum Gasteiger partial charge on any atom is 0.300 e. The Labute approximate surface area is 191 Å². The lowest BCUT2D eigenvalue weighted by Gasteiger charge is -2.27. The number of hydrogen-bond acceptors (Lipinski definition) is 4. The first-order chi connectivity index (χ1) is 16.0. The van der Waals surface area contributed by atoms with E-state index < -0.39 is 17.7 Å². The number of aliphatic hydroxyl groups excluding tert-OH is 1. The van der Waals surface area contributed by atoms with E-state index in [9.17, 15) is 14.7 Å². The number of aromatic nitrogens is 1. The molecule has 0 bridgehead atoms. The molecular formula is C28H22N2O3. The highest BCUT2D eigenvalue weighted by Gasteiger charge is 2.47. The van der Waals surface area contributed by atoms with E-state index in [1.807, 2.05) is 74.5 Å². The third-order valence-electron chi connectivity index (χ3n) is 6.30. The zero-order valence-corrected chi connectivity index (χ0v) is 18.3. The maximum absolute atomic E-state index is 13.3. The van der Waals surface area contributed by atoms with Crippen LogP contribution in [0.1, 0.15) is 28.3 Å². The minimum Gasteiger partial charge on any atom is -0.507 e. The molecule has 1 unspecified atom stereocenters. The number of nitrogens with zero attached hydrogens (tertiary/aromatic N) is 2. The van der Waals surface area contributed by atoms with Crippen LogP contribution in [0, 0.1) is 13.8 Å². The molecule has 0 aliphatic carbocycles. The van der Waals surface area contributed by atoms with Crippen LogP contribution in [0.15, 0.2) is 90.8 Å². The third kappa shape index (κ3) is 3.38. The summed E-state index contributed by atoms with van der Waals surface area (Å²) in [5.41, 5.74) is 3.75. The van der Waals surface area contributed by atoms with E-state index in [2.05, 4.69) is 4.98 Å². The van der Waals surface area contributed by atoms with E-state index in [1.165, 1.54) is 4.90 Å². The topological polar surface area (TPSA) is 70.5 Å². The van der Waals surface area contributed by atoms with Gasteiger partial charge in [0.2, 0.25) is 0 Å². The second-order valence-corrected chi connectivity index (χ2v) is 8.24. The highest BCUT2D eigenvalue weighted by molar-refractivity contribution is 6.51. The molecule has 1 saturated heterocycles. The minimum atomic E-state index is -0.786. The van der Waals surface area contributed by atoms with Crippen LogP contribution in [0.25, 0.3) is 16.5 Å². The van der Waals surface area contributed by atoms with Gasteiger partial charge >= 0.3 is 0 Å². The summed E-state index contributed by atoms with van der Waals surface area (Å²) in [6.07, 6.45) is 3.26. The first kappa shape index (κ1) is 20.6. The zero-order chi connectivity index (χ0) is 23.1. The van der Waals surface area contributed by atoms with Gasteiger partial charge in [-0.15, -0.1) is 0 Å². The molecule has 33 heavy (non-hydrogen) atoms. The lowest BCUT2D eigenvalue weighted by Crippen LogP contribution is -2.30. The number of ketones is 1. The van der Waals surface area contributed by atoms with Crippen molar-refractivity contribution in [3.63, 3.8) is 0 Å². The number of carbonyl (C=O) groups excluding carboxylic acids is 2. The highest BCUT2D eigenvalue weighted by atomic mass is 16.3. The molecule has 5 rings (SSSR count). The second-order valence-electron chi connectivity index (χ2n) is 8.24. The van der Waals surface area contributed by atoms with Crippen molar-refractivity contribution < 1.29 is 14.7 Å². The Hall–Kier alpha value is -4.25. The largest absolute Gasteiger partial charge is 0.507 e. The number of amides is 1. The van der Waals surface area contributed by atoms with Crippen molar-refractivity contribution in [1.82, 2.24) is 4.98 Å². The van der Waals surface area contributed by atoms with Gasteiger partial charge in [-0.3, -0.25) is 19.5 Å². The molecule has 1 N–H and O–H groups in total. The van der Waals surface area contributed by atoms with Crippen LogP contribution < -0.4 is 4.90 Å². The normalized spacial score (nSPS) is 17.6. The average Bonchev–Trinajstić information content (AvgIpc) is 3.11. The van der Waals surface area contributed by atoms with Gasteiger partial charge in [-0.05, 0) is 59.5 Å². The van der Waals surface area contributed by atoms with Crippen molar-refractivity contribution >= 4 is 33.9 Å². The quantitative estimate of drug-likeness (QED) is 0.263. The Morgan fingerprint density at radius 1 is 0.909 bits per heavy atom. The molecule has 2 heterocycles. The molecule has 1 aliphatic heterocycles. The first-order valence-corrected chi connectivity index (χ1v) is 10.7. The summed E-state index contributed by atoms with van der Waals surface area (Å²) in [5, 5.41) is 13.3. The number of Topliss-reactive ketones (excluding diaryl/α,β-unsaturated/α-hetero) is 1. The SMILES string of the molecule is Cc1cccc(N2C(=O)C(=O)/C(=C(\O)c3ccc4ccccc4c3)C2c2cccnc2)c1C.